The van der Waals surface area contributed by atoms with E-state index in [0.717, 1.165) is 50.5 Å². The van der Waals surface area contributed by atoms with E-state index >= 15 is 0 Å². The molecule has 4 heteroatoms. The van der Waals surface area contributed by atoms with Crippen molar-refractivity contribution in [2.24, 2.45) is 57.7 Å². The minimum atomic E-state index is -0.0153. The number of esters is 1. The molecular weight excluding hydrogens is 530 g/mol. The van der Waals surface area contributed by atoms with Gasteiger partial charge in [-0.1, -0.05) is 52.3 Å². The minimum Gasteiger partial charge on any atom is -0.466 e. The molecule has 0 aromatic rings. The maximum atomic E-state index is 13.6. The van der Waals surface area contributed by atoms with Crippen LogP contribution in [0.4, 0.5) is 0 Å². The zero-order valence-electron chi connectivity index (χ0n) is 28.3. The van der Waals surface area contributed by atoms with Crippen LogP contribution >= 0.6 is 0 Å². The molecule has 6 rings (SSSR count). The van der Waals surface area contributed by atoms with Gasteiger partial charge in [-0.25, -0.2) is 0 Å². The number of ketones is 1. The van der Waals surface area contributed by atoms with Gasteiger partial charge >= 0.3 is 5.97 Å². The van der Waals surface area contributed by atoms with Gasteiger partial charge in [-0.15, -0.1) is 0 Å². The standard InChI is InChI=1S/C39H59NO3/c1-8-43-36(42)27-11-9-26(10-12-27)28-15-18-37(5)30(25(28)4)16-19-38(6)31-17-20-39(21-22-40-7)23-32(41)34(24(2)3)35(39)29(31)13-14-33(37)38/h9,15,24-25,27,29-31,33,40H,8,10-14,16-23H2,1-7H3. The van der Waals surface area contributed by atoms with Gasteiger partial charge in [0.1, 0.15) is 0 Å². The summed E-state index contributed by atoms with van der Waals surface area (Å²) in [4.78, 5) is 25.9. The Balaban J connectivity index is 1.27. The Morgan fingerprint density at radius 2 is 1.81 bits per heavy atom. The molecule has 6 aliphatic rings. The van der Waals surface area contributed by atoms with Crippen LogP contribution in [-0.4, -0.2) is 32.0 Å². The first kappa shape index (κ1) is 31.3. The lowest BCUT2D eigenvalue weighted by Crippen LogP contribution is -2.59. The van der Waals surface area contributed by atoms with Crippen molar-refractivity contribution in [1.82, 2.24) is 5.32 Å². The number of nitrogens with one attached hydrogen (secondary N) is 1. The lowest BCUT2D eigenvalue weighted by molar-refractivity contribution is -0.148. The van der Waals surface area contributed by atoms with E-state index in [1.807, 2.05) is 6.92 Å². The Morgan fingerprint density at radius 3 is 2.49 bits per heavy atom. The first-order chi connectivity index (χ1) is 20.5. The van der Waals surface area contributed by atoms with E-state index in [2.05, 4.69) is 59.1 Å². The Bertz CT molecular complexity index is 1220. The van der Waals surface area contributed by atoms with Gasteiger partial charge in [0.25, 0.3) is 0 Å². The van der Waals surface area contributed by atoms with Crippen molar-refractivity contribution in [2.45, 2.75) is 119 Å². The number of rotatable bonds is 7. The molecule has 9 unspecified atom stereocenters. The molecule has 0 aliphatic heterocycles. The molecule has 0 heterocycles. The van der Waals surface area contributed by atoms with E-state index in [-0.39, 0.29) is 17.3 Å². The molecule has 0 saturated heterocycles. The Labute approximate surface area is 261 Å². The molecule has 0 bridgehead atoms. The Hall–Kier alpha value is -1.68. The van der Waals surface area contributed by atoms with Gasteiger partial charge in [-0.3, -0.25) is 9.59 Å². The van der Waals surface area contributed by atoms with Gasteiger partial charge in [-0.05, 0) is 154 Å². The summed E-state index contributed by atoms with van der Waals surface area (Å²) in [5.41, 5.74) is 6.77. The number of Topliss-reactive ketones (excluding diaryl/α,β-unsaturated/α-hetero) is 1. The van der Waals surface area contributed by atoms with Crippen LogP contribution in [-0.2, 0) is 14.3 Å². The molecule has 1 N–H and O–H groups in total. The van der Waals surface area contributed by atoms with Gasteiger partial charge < -0.3 is 10.1 Å². The van der Waals surface area contributed by atoms with Crippen LogP contribution in [0.25, 0.3) is 0 Å². The molecule has 0 aromatic carbocycles. The lowest BCUT2D eigenvalue weighted by atomic mass is 9.38. The summed E-state index contributed by atoms with van der Waals surface area (Å²) in [5, 5.41) is 3.42. The van der Waals surface area contributed by atoms with Crippen LogP contribution in [0.3, 0.4) is 0 Å². The normalized spacial score (nSPS) is 42.5. The van der Waals surface area contributed by atoms with E-state index in [9.17, 15) is 9.59 Å². The first-order valence-electron chi connectivity index (χ1n) is 18.0. The fraction of sp³-hybridized carbons (Fsp3) is 0.795. The van der Waals surface area contributed by atoms with Crippen LogP contribution in [0.1, 0.15) is 119 Å². The SMILES string of the molecule is CCOC(=O)C1CC=C(C2=CCC3(C)C(CCC4(C)C5CCC6(CCNC)CC(=O)C(C(C)C)=C6C5CCC34)C2C)CC1. The van der Waals surface area contributed by atoms with Crippen molar-refractivity contribution in [3.8, 4) is 0 Å². The summed E-state index contributed by atoms with van der Waals surface area (Å²) in [7, 11) is 2.06. The zero-order valence-corrected chi connectivity index (χ0v) is 28.3. The second-order valence-electron chi connectivity index (χ2n) is 16.4. The molecule has 0 spiro atoms. The topological polar surface area (TPSA) is 55.4 Å². The maximum absolute atomic E-state index is 13.6. The molecule has 4 nitrogen and oxygen atoms in total. The quantitative estimate of drug-likeness (QED) is 0.302. The number of carbonyl (C=O) groups is 2. The van der Waals surface area contributed by atoms with E-state index in [4.69, 9.17) is 4.74 Å². The van der Waals surface area contributed by atoms with Crippen molar-refractivity contribution in [2.75, 3.05) is 20.2 Å². The van der Waals surface area contributed by atoms with Gasteiger partial charge in [0.15, 0.2) is 5.78 Å². The average molecular weight is 590 g/mol. The van der Waals surface area contributed by atoms with E-state index < -0.39 is 0 Å². The predicted molar refractivity (Wildman–Crippen MR) is 174 cm³/mol. The summed E-state index contributed by atoms with van der Waals surface area (Å²) >= 11 is 0. The van der Waals surface area contributed by atoms with Crippen molar-refractivity contribution in [3.63, 3.8) is 0 Å². The van der Waals surface area contributed by atoms with Gasteiger partial charge in [-0.2, -0.15) is 0 Å². The number of carbonyl (C=O) groups excluding carboxylic acids is 2. The van der Waals surface area contributed by atoms with Crippen LogP contribution in [0.2, 0.25) is 0 Å². The smallest absolute Gasteiger partial charge is 0.309 e. The lowest BCUT2D eigenvalue weighted by Gasteiger charge is -2.66. The molecule has 3 fully saturated rings. The van der Waals surface area contributed by atoms with E-state index in [1.54, 1.807) is 11.1 Å². The third kappa shape index (κ3) is 4.86. The fourth-order valence-electron chi connectivity index (χ4n) is 12.3. The van der Waals surface area contributed by atoms with Gasteiger partial charge in [0.05, 0.1) is 12.5 Å². The number of hydrogen-bond acceptors (Lipinski definition) is 4. The highest BCUT2D eigenvalue weighted by Crippen LogP contribution is 2.72. The highest BCUT2D eigenvalue weighted by molar-refractivity contribution is 6.00. The van der Waals surface area contributed by atoms with E-state index in [1.165, 1.54) is 56.1 Å². The van der Waals surface area contributed by atoms with Gasteiger partial charge in [0.2, 0.25) is 0 Å². The monoisotopic (exact) mass is 589 g/mol. The Morgan fingerprint density at radius 1 is 1.05 bits per heavy atom. The number of ether oxygens (including phenoxy) is 1. The summed E-state index contributed by atoms with van der Waals surface area (Å²) in [6.45, 7) is 15.8. The van der Waals surface area contributed by atoms with Crippen LogP contribution < -0.4 is 5.32 Å². The Kier molecular flexibility index (Phi) is 8.44. The van der Waals surface area contributed by atoms with Crippen molar-refractivity contribution in [1.29, 1.82) is 0 Å². The summed E-state index contributed by atoms with van der Waals surface area (Å²) < 4.78 is 5.33. The molecule has 0 radical (unpaired) electrons. The number of fused-ring (bicyclic) bond motifs is 7. The molecule has 6 aliphatic carbocycles. The molecule has 3 saturated carbocycles. The van der Waals surface area contributed by atoms with Crippen molar-refractivity contribution >= 4 is 11.8 Å². The number of hydrogen-bond donors (Lipinski definition) is 1. The van der Waals surface area contributed by atoms with Gasteiger partial charge in [0, 0.05) is 11.8 Å². The third-order valence-corrected chi connectivity index (χ3v) is 14.2. The largest absolute Gasteiger partial charge is 0.466 e. The number of allylic oxidation sites excluding steroid dienone is 6. The summed E-state index contributed by atoms with van der Waals surface area (Å²) in [5.74, 6) is 4.18. The highest BCUT2D eigenvalue weighted by Gasteiger charge is 2.64. The predicted octanol–water partition coefficient (Wildman–Crippen LogP) is 8.62. The van der Waals surface area contributed by atoms with Crippen LogP contribution in [0.5, 0.6) is 0 Å². The molecule has 43 heavy (non-hydrogen) atoms. The van der Waals surface area contributed by atoms with Crippen LogP contribution in [0, 0.1) is 57.7 Å². The third-order valence-electron chi connectivity index (χ3n) is 14.2. The van der Waals surface area contributed by atoms with Crippen molar-refractivity contribution in [3.05, 3.63) is 34.4 Å². The second-order valence-corrected chi connectivity index (χ2v) is 16.4. The van der Waals surface area contributed by atoms with Crippen LogP contribution in [0.15, 0.2) is 34.4 Å². The molecule has 0 amide bonds. The maximum Gasteiger partial charge on any atom is 0.309 e. The van der Waals surface area contributed by atoms with E-state index in [0.29, 0.717) is 46.9 Å². The average Bonchev–Trinajstić information content (AvgIpc) is 3.28. The molecule has 9 atom stereocenters. The zero-order chi connectivity index (χ0) is 30.7. The minimum absolute atomic E-state index is 0.0153. The first-order valence-corrected chi connectivity index (χ1v) is 18.0. The second kappa shape index (κ2) is 11.6. The molecule has 238 valence electrons. The molecule has 0 aromatic heterocycles. The highest BCUT2D eigenvalue weighted by atomic mass is 16.5. The summed E-state index contributed by atoms with van der Waals surface area (Å²) in [6, 6.07) is 0. The van der Waals surface area contributed by atoms with Crippen molar-refractivity contribution < 1.29 is 14.3 Å². The summed E-state index contributed by atoms with van der Waals surface area (Å²) in [6.07, 6.45) is 18.6. The fourth-order valence-corrected chi connectivity index (χ4v) is 12.3. The molecular formula is C39H59NO3.